The van der Waals surface area contributed by atoms with Crippen molar-refractivity contribution in [3.63, 3.8) is 0 Å². The number of hydrogen-bond donors (Lipinski definition) is 2. The molecule has 0 spiro atoms. The zero-order chi connectivity index (χ0) is 11.1. The van der Waals surface area contributed by atoms with Crippen LogP contribution in [0, 0.1) is 0 Å². The Hall–Kier alpha value is -1.03. The van der Waals surface area contributed by atoms with Crippen LogP contribution >= 0.6 is 11.3 Å². The van der Waals surface area contributed by atoms with E-state index in [1.54, 1.807) is 11.3 Å². The van der Waals surface area contributed by atoms with Crippen molar-refractivity contribution >= 4 is 17.3 Å². The fraction of sp³-hybridized carbons (Fsp3) is 0.545. The molecule has 0 amide bonds. The fourth-order valence-corrected chi connectivity index (χ4v) is 1.78. The monoisotopic (exact) mass is 225 g/mol. The lowest BCUT2D eigenvalue weighted by molar-refractivity contribution is 0.701. The molecule has 0 aliphatic heterocycles. The summed E-state index contributed by atoms with van der Waals surface area (Å²) < 4.78 is 0. The molecular formula is C11H19N3S. The van der Waals surface area contributed by atoms with Gasteiger partial charge in [0.15, 0.2) is 5.96 Å². The molecule has 0 fully saturated rings. The molecule has 0 unspecified atom stereocenters. The predicted octanol–water partition coefficient (Wildman–Crippen LogP) is 2.21. The molecule has 4 heteroatoms. The second-order valence-corrected chi connectivity index (χ2v) is 4.61. The van der Waals surface area contributed by atoms with Gasteiger partial charge in [-0.25, -0.2) is 4.99 Å². The van der Waals surface area contributed by atoms with E-state index in [1.165, 1.54) is 4.88 Å². The summed E-state index contributed by atoms with van der Waals surface area (Å²) >= 11 is 1.74. The Balaban J connectivity index is 2.50. The Morgan fingerprint density at radius 1 is 1.53 bits per heavy atom. The average molecular weight is 225 g/mol. The average Bonchev–Trinajstić information content (AvgIpc) is 2.66. The van der Waals surface area contributed by atoms with Crippen LogP contribution in [0.15, 0.2) is 22.5 Å². The Kier molecular flexibility index (Phi) is 5.18. The Morgan fingerprint density at radius 3 is 2.87 bits per heavy atom. The first-order valence-corrected chi connectivity index (χ1v) is 6.17. The van der Waals surface area contributed by atoms with Crippen molar-refractivity contribution in [2.45, 2.75) is 33.4 Å². The van der Waals surface area contributed by atoms with Gasteiger partial charge in [0.05, 0.1) is 6.54 Å². The highest BCUT2D eigenvalue weighted by Gasteiger charge is 1.99. The number of thiophene rings is 1. The van der Waals surface area contributed by atoms with Crippen LogP contribution in [-0.2, 0) is 6.54 Å². The minimum Gasteiger partial charge on any atom is -0.357 e. The molecule has 1 aromatic heterocycles. The Morgan fingerprint density at radius 2 is 2.33 bits per heavy atom. The normalized spacial score (nSPS) is 11.9. The number of nitrogens with one attached hydrogen (secondary N) is 2. The minimum absolute atomic E-state index is 0.408. The maximum Gasteiger partial charge on any atom is 0.191 e. The van der Waals surface area contributed by atoms with Gasteiger partial charge in [-0.3, -0.25) is 0 Å². The van der Waals surface area contributed by atoms with E-state index in [-0.39, 0.29) is 0 Å². The number of hydrogen-bond acceptors (Lipinski definition) is 2. The molecule has 1 aromatic rings. The van der Waals surface area contributed by atoms with Crippen molar-refractivity contribution in [2.75, 3.05) is 6.54 Å². The lowest BCUT2D eigenvalue weighted by atomic mass is 10.4. The summed E-state index contributed by atoms with van der Waals surface area (Å²) in [6, 6.07) is 4.57. The summed E-state index contributed by atoms with van der Waals surface area (Å²) in [5, 5.41) is 8.58. The van der Waals surface area contributed by atoms with Gasteiger partial charge in [0, 0.05) is 17.5 Å². The summed E-state index contributed by atoms with van der Waals surface area (Å²) in [6.07, 6.45) is 0. The van der Waals surface area contributed by atoms with Gasteiger partial charge >= 0.3 is 0 Å². The van der Waals surface area contributed by atoms with Crippen molar-refractivity contribution in [1.29, 1.82) is 0 Å². The molecule has 0 atom stereocenters. The van der Waals surface area contributed by atoms with E-state index in [2.05, 4.69) is 53.9 Å². The molecule has 84 valence electrons. The molecule has 0 saturated heterocycles. The van der Waals surface area contributed by atoms with Crippen LogP contribution in [0.4, 0.5) is 0 Å². The maximum absolute atomic E-state index is 4.50. The van der Waals surface area contributed by atoms with Crippen molar-refractivity contribution in [2.24, 2.45) is 4.99 Å². The van der Waals surface area contributed by atoms with E-state index >= 15 is 0 Å². The van der Waals surface area contributed by atoms with Crippen LogP contribution in [-0.4, -0.2) is 18.5 Å². The lowest BCUT2D eigenvalue weighted by Crippen LogP contribution is -2.40. The molecule has 0 radical (unpaired) electrons. The van der Waals surface area contributed by atoms with Crippen LogP contribution in [0.2, 0.25) is 0 Å². The fourth-order valence-electron chi connectivity index (χ4n) is 1.15. The Labute approximate surface area is 95.6 Å². The summed E-state index contributed by atoms with van der Waals surface area (Å²) in [5.74, 6) is 0.890. The largest absolute Gasteiger partial charge is 0.357 e. The van der Waals surface area contributed by atoms with Gasteiger partial charge in [-0.2, -0.15) is 0 Å². The van der Waals surface area contributed by atoms with Crippen LogP contribution in [0.25, 0.3) is 0 Å². The van der Waals surface area contributed by atoms with Gasteiger partial charge in [0.1, 0.15) is 0 Å². The molecule has 0 aliphatic carbocycles. The van der Waals surface area contributed by atoms with Crippen molar-refractivity contribution in [3.05, 3.63) is 22.4 Å². The van der Waals surface area contributed by atoms with E-state index in [0.29, 0.717) is 6.04 Å². The topological polar surface area (TPSA) is 36.4 Å². The van der Waals surface area contributed by atoms with Crippen molar-refractivity contribution < 1.29 is 0 Å². The lowest BCUT2D eigenvalue weighted by Gasteiger charge is -2.13. The summed E-state index contributed by atoms with van der Waals surface area (Å²) in [4.78, 5) is 5.79. The van der Waals surface area contributed by atoms with E-state index in [1.807, 2.05) is 0 Å². The molecule has 0 bridgehead atoms. The third kappa shape index (κ3) is 4.83. The smallest absolute Gasteiger partial charge is 0.191 e. The Bertz CT molecular complexity index is 291. The second kappa shape index (κ2) is 6.45. The molecule has 1 rings (SSSR count). The van der Waals surface area contributed by atoms with E-state index in [4.69, 9.17) is 0 Å². The maximum atomic E-state index is 4.50. The molecule has 1 heterocycles. The van der Waals surface area contributed by atoms with E-state index in [9.17, 15) is 0 Å². The standard InChI is InChI=1S/C11H19N3S/c1-4-12-11(14-9(2)3)13-8-10-6-5-7-15-10/h5-7,9H,4,8H2,1-3H3,(H2,12,13,14). The number of aliphatic imine (C=N–C) groups is 1. The van der Waals surface area contributed by atoms with Gasteiger partial charge in [0.25, 0.3) is 0 Å². The quantitative estimate of drug-likeness (QED) is 0.609. The molecule has 3 nitrogen and oxygen atoms in total. The number of rotatable bonds is 4. The number of guanidine groups is 1. The minimum atomic E-state index is 0.408. The van der Waals surface area contributed by atoms with Gasteiger partial charge in [-0.05, 0) is 32.2 Å². The molecule has 15 heavy (non-hydrogen) atoms. The van der Waals surface area contributed by atoms with Crippen LogP contribution in [0.3, 0.4) is 0 Å². The molecule has 0 aromatic carbocycles. The summed E-state index contributed by atoms with van der Waals surface area (Å²) in [7, 11) is 0. The second-order valence-electron chi connectivity index (χ2n) is 3.57. The molecule has 0 saturated carbocycles. The molecular weight excluding hydrogens is 206 g/mol. The summed E-state index contributed by atoms with van der Waals surface area (Å²) in [5.41, 5.74) is 0. The summed E-state index contributed by atoms with van der Waals surface area (Å²) in [6.45, 7) is 7.93. The van der Waals surface area contributed by atoms with Gasteiger partial charge in [0.2, 0.25) is 0 Å². The van der Waals surface area contributed by atoms with Crippen LogP contribution in [0.1, 0.15) is 25.6 Å². The highest BCUT2D eigenvalue weighted by molar-refractivity contribution is 7.09. The van der Waals surface area contributed by atoms with Gasteiger partial charge < -0.3 is 10.6 Å². The van der Waals surface area contributed by atoms with Crippen molar-refractivity contribution in [3.8, 4) is 0 Å². The zero-order valence-electron chi connectivity index (χ0n) is 9.58. The predicted molar refractivity (Wildman–Crippen MR) is 67.4 cm³/mol. The third-order valence-corrected chi connectivity index (χ3v) is 2.60. The highest BCUT2D eigenvalue weighted by Crippen LogP contribution is 2.09. The SMILES string of the molecule is CCNC(=NCc1cccs1)NC(C)C. The van der Waals surface area contributed by atoms with Gasteiger partial charge in [-0.1, -0.05) is 6.07 Å². The zero-order valence-corrected chi connectivity index (χ0v) is 10.4. The van der Waals surface area contributed by atoms with Crippen LogP contribution < -0.4 is 10.6 Å². The van der Waals surface area contributed by atoms with E-state index < -0.39 is 0 Å². The third-order valence-electron chi connectivity index (χ3n) is 1.74. The van der Waals surface area contributed by atoms with Crippen molar-refractivity contribution in [1.82, 2.24) is 10.6 Å². The first-order chi connectivity index (χ1) is 7.22. The molecule has 0 aliphatic rings. The van der Waals surface area contributed by atoms with E-state index in [0.717, 1.165) is 19.0 Å². The van der Waals surface area contributed by atoms with Gasteiger partial charge in [-0.15, -0.1) is 11.3 Å². The number of nitrogens with zero attached hydrogens (tertiary/aromatic N) is 1. The first kappa shape index (κ1) is 12.0. The van der Waals surface area contributed by atoms with Crippen LogP contribution in [0.5, 0.6) is 0 Å². The molecule has 2 N–H and O–H groups in total. The first-order valence-electron chi connectivity index (χ1n) is 5.29. The highest BCUT2D eigenvalue weighted by atomic mass is 32.1.